The van der Waals surface area contributed by atoms with Crippen LogP contribution in [0.5, 0.6) is 0 Å². The van der Waals surface area contributed by atoms with Crippen molar-refractivity contribution >= 4 is 33.4 Å². The fourth-order valence-corrected chi connectivity index (χ4v) is 2.09. The van der Waals surface area contributed by atoms with Crippen molar-refractivity contribution in [3.8, 4) is 0 Å². The molecular formula is C11H10BrN3OS. The van der Waals surface area contributed by atoms with Crippen LogP contribution >= 0.6 is 27.5 Å². The molecule has 0 atom stereocenters. The van der Waals surface area contributed by atoms with Gasteiger partial charge in [0.1, 0.15) is 4.88 Å². The zero-order valence-electron chi connectivity index (χ0n) is 8.89. The van der Waals surface area contributed by atoms with Crippen molar-refractivity contribution in [2.24, 2.45) is 0 Å². The molecule has 2 aromatic rings. The Bertz CT molecular complexity index is 484. The number of halogens is 1. The lowest BCUT2D eigenvalue weighted by atomic mass is 10.1. The summed E-state index contributed by atoms with van der Waals surface area (Å²) in [6, 6.07) is 8.07. The van der Waals surface area contributed by atoms with Crippen molar-refractivity contribution in [3.05, 3.63) is 46.5 Å². The highest BCUT2D eigenvalue weighted by atomic mass is 79.9. The van der Waals surface area contributed by atoms with E-state index < -0.39 is 0 Å². The second kappa shape index (κ2) is 5.88. The first-order valence-electron chi connectivity index (χ1n) is 4.99. The van der Waals surface area contributed by atoms with Crippen molar-refractivity contribution < 1.29 is 4.79 Å². The van der Waals surface area contributed by atoms with Crippen LogP contribution in [0.4, 0.5) is 0 Å². The third kappa shape index (κ3) is 3.34. The van der Waals surface area contributed by atoms with Gasteiger partial charge in [-0.05, 0) is 22.7 Å². The molecule has 0 aliphatic heterocycles. The predicted molar refractivity (Wildman–Crippen MR) is 70.2 cm³/mol. The summed E-state index contributed by atoms with van der Waals surface area (Å²) in [4.78, 5) is 12.1. The third-order valence-corrected chi connectivity index (χ3v) is 3.53. The zero-order chi connectivity index (χ0) is 12.1. The highest BCUT2D eigenvalue weighted by molar-refractivity contribution is 9.08. The Labute approximate surface area is 111 Å². The van der Waals surface area contributed by atoms with Gasteiger partial charge in [-0.3, -0.25) is 4.79 Å². The van der Waals surface area contributed by atoms with Crippen molar-refractivity contribution in [3.63, 3.8) is 0 Å². The van der Waals surface area contributed by atoms with Crippen molar-refractivity contribution in [1.82, 2.24) is 14.9 Å². The van der Waals surface area contributed by atoms with Crippen LogP contribution in [-0.2, 0) is 11.9 Å². The van der Waals surface area contributed by atoms with Gasteiger partial charge in [-0.2, -0.15) is 0 Å². The van der Waals surface area contributed by atoms with E-state index in [0.29, 0.717) is 11.4 Å². The van der Waals surface area contributed by atoms with Gasteiger partial charge in [-0.1, -0.05) is 44.7 Å². The van der Waals surface area contributed by atoms with Crippen LogP contribution < -0.4 is 5.32 Å². The maximum Gasteiger partial charge on any atom is 0.264 e. The first-order valence-corrected chi connectivity index (χ1v) is 6.88. The molecule has 1 aromatic heterocycles. The standard InChI is InChI=1S/C11H10BrN3OS/c12-5-8-1-3-9(4-2-8)6-13-11(16)10-7-14-15-17-10/h1-4,7H,5-6H2,(H,13,16). The van der Waals surface area contributed by atoms with Gasteiger partial charge in [0.2, 0.25) is 0 Å². The Morgan fingerprint density at radius 2 is 2.00 bits per heavy atom. The molecule has 0 radical (unpaired) electrons. The largest absolute Gasteiger partial charge is 0.347 e. The Morgan fingerprint density at radius 3 is 2.59 bits per heavy atom. The lowest BCUT2D eigenvalue weighted by Crippen LogP contribution is -2.21. The van der Waals surface area contributed by atoms with Crippen LogP contribution in [0.2, 0.25) is 0 Å². The SMILES string of the molecule is O=C(NCc1ccc(CBr)cc1)c1cnns1. The van der Waals surface area contributed by atoms with Gasteiger partial charge in [0, 0.05) is 11.9 Å². The maximum atomic E-state index is 11.6. The van der Waals surface area contributed by atoms with Gasteiger partial charge in [-0.25, -0.2) is 0 Å². The van der Waals surface area contributed by atoms with Crippen LogP contribution in [0.15, 0.2) is 30.5 Å². The number of nitrogens with one attached hydrogen (secondary N) is 1. The van der Waals surface area contributed by atoms with E-state index in [4.69, 9.17) is 0 Å². The molecule has 0 saturated heterocycles. The quantitative estimate of drug-likeness (QED) is 0.882. The van der Waals surface area contributed by atoms with Crippen molar-refractivity contribution in [1.29, 1.82) is 0 Å². The molecule has 0 saturated carbocycles. The molecule has 0 bridgehead atoms. The van der Waals surface area contributed by atoms with Crippen LogP contribution in [0.25, 0.3) is 0 Å². The number of hydrogen-bond acceptors (Lipinski definition) is 4. The van der Waals surface area contributed by atoms with Gasteiger partial charge in [0.05, 0.1) is 6.20 Å². The van der Waals surface area contributed by atoms with Crippen molar-refractivity contribution in [2.45, 2.75) is 11.9 Å². The van der Waals surface area contributed by atoms with Gasteiger partial charge in [0.15, 0.2) is 0 Å². The first kappa shape index (κ1) is 12.2. The molecule has 0 fully saturated rings. The molecule has 0 aliphatic rings. The van der Waals surface area contributed by atoms with Gasteiger partial charge < -0.3 is 5.32 Å². The lowest BCUT2D eigenvalue weighted by Gasteiger charge is -2.04. The highest BCUT2D eigenvalue weighted by Gasteiger charge is 2.07. The molecule has 4 nitrogen and oxygen atoms in total. The second-order valence-corrected chi connectivity index (χ2v) is 4.76. The Morgan fingerprint density at radius 1 is 1.29 bits per heavy atom. The number of carbonyl (C=O) groups excluding carboxylic acids is 1. The topological polar surface area (TPSA) is 54.9 Å². The van der Waals surface area contributed by atoms with E-state index in [1.807, 2.05) is 24.3 Å². The van der Waals surface area contributed by atoms with E-state index in [9.17, 15) is 4.79 Å². The monoisotopic (exact) mass is 311 g/mol. The molecule has 17 heavy (non-hydrogen) atoms. The number of benzene rings is 1. The molecule has 1 N–H and O–H groups in total. The molecule has 1 heterocycles. The zero-order valence-corrected chi connectivity index (χ0v) is 11.3. The number of carbonyl (C=O) groups is 1. The number of aromatic nitrogens is 2. The van der Waals surface area contributed by atoms with E-state index in [2.05, 4.69) is 30.8 Å². The van der Waals surface area contributed by atoms with Crippen LogP contribution in [-0.4, -0.2) is 15.5 Å². The summed E-state index contributed by atoms with van der Waals surface area (Å²) in [6.45, 7) is 0.513. The minimum absolute atomic E-state index is 0.135. The molecule has 1 aromatic carbocycles. The number of nitrogens with zero attached hydrogens (tertiary/aromatic N) is 2. The van der Waals surface area contributed by atoms with Gasteiger partial charge in [0.25, 0.3) is 5.91 Å². The average Bonchev–Trinajstić information content (AvgIpc) is 2.90. The number of alkyl halides is 1. The van der Waals surface area contributed by atoms with Crippen LogP contribution in [0.1, 0.15) is 20.8 Å². The van der Waals surface area contributed by atoms with Crippen LogP contribution in [0.3, 0.4) is 0 Å². The summed E-state index contributed by atoms with van der Waals surface area (Å²) in [6.07, 6.45) is 1.47. The van der Waals surface area contributed by atoms with E-state index >= 15 is 0 Å². The summed E-state index contributed by atoms with van der Waals surface area (Å²) in [5.41, 5.74) is 2.28. The van der Waals surface area contributed by atoms with E-state index in [1.54, 1.807) is 0 Å². The predicted octanol–water partition coefficient (Wildman–Crippen LogP) is 2.36. The first-order chi connectivity index (χ1) is 8.29. The van der Waals surface area contributed by atoms with E-state index in [1.165, 1.54) is 11.8 Å². The summed E-state index contributed by atoms with van der Waals surface area (Å²) < 4.78 is 3.65. The summed E-state index contributed by atoms with van der Waals surface area (Å²) in [7, 11) is 0. The minimum Gasteiger partial charge on any atom is -0.347 e. The summed E-state index contributed by atoms with van der Waals surface area (Å²) in [5.74, 6) is -0.135. The molecule has 0 unspecified atom stereocenters. The molecule has 6 heteroatoms. The Balaban J connectivity index is 1.91. The average molecular weight is 312 g/mol. The smallest absolute Gasteiger partial charge is 0.264 e. The van der Waals surface area contributed by atoms with E-state index in [0.717, 1.165) is 22.4 Å². The van der Waals surface area contributed by atoms with Crippen LogP contribution in [0, 0.1) is 0 Å². The highest BCUT2D eigenvalue weighted by Crippen LogP contribution is 2.08. The third-order valence-electron chi connectivity index (χ3n) is 2.22. The molecule has 2 rings (SSSR count). The Hall–Kier alpha value is -1.27. The van der Waals surface area contributed by atoms with Gasteiger partial charge in [-0.15, -0.1) is 5.10 Å². The molecule has 0 spiro atoms. The molecular weight excluding hydrogens is 302 g/mol. The molecule has 88 valence electrons. The second-order valence-electron chi connectivity index (χ2n) is 3.41. The lowest BCUT2D eigenvalue weighted by molar-refractivity contribution is 0.0955. The van der Waals surface area contributed by atoms with Gasteiger partial charge >= 0.3 is 0 Å². The molecule has 0 aliphatic carbocycles. The summed E-state index contributed by atoms with van der Waals surface area (Å²) >= 11 is 4.48. The number of hydrogen-bond donors (Lipinski definition) is 1. The fraction of sp³-hybridized carbons (Fsp3) is 0.182. The fourth-order valence-electron chi connectivity index (χ4n) is 1.28. The normalized spacial score (nSPS) is 10.2. The minimum atomic E-state index is -0.135. The van der Waals surface area contributed by atoms with E-state index in [-0.39, 0.29) is 5.91 Å². The number of rotatable bonds is 4. The number of amides is 1. The van der Waals surface area contributed by atoms with Crippen molar-refractivity contribution in [2.75, 3.05) is 0 Å². The summed E-state index contributed by atoms with van der Waals surface area (Å²) in [5, 5.41) is 7.28. The maximum absolute atomic E-state index is 11.6. The Kier molecular flexibility index (Phi) is 4.22. The molecule has 1 amide bonds.